The molecule has 6 nitrogen and oxygen atoms in total. The minimum atomic E-state index is -3.53. The zero-order chi connectivity index (χ0) is 15.6. The van der Waals surface area contributed by atoms with Crippen LogP contribution in [0.25, 0.3) is 11.3 Å². The standard InChI is InChI=1S/C15H19N3O3S/c1-16-12-7-10-18(11-8-12)22(19,20)15-5-3-2-4-13(15)14-6-9-17-21-14/h2-6,9,12,16H,7-8,10-11H2,1H3. The predicted molar refractivity (Wildman–Crippen MR) is 82.8 cm³/mol. The summed E-state index contributed by atoms with van der Waals surface area (Å²) in [4.78, 5) is 0.273. The molecule has 2 aromatic rings. The number of piperidine rings is 1. The molecule has 1 fully saturated rings. The second-order valence-corrected chi connectivity index (χ2v) is 7.25. The smallest absolute Gasteiger partial charge is 0.243 e. The van der Waals surface area contributed by atoms with Crippen molar-refractivity contribution in [2.75, 3.05) is 20.1 Å². The number of nitrogens with one attached hydrogen (secondary N) is 1. The molecule has 0 amide bonds. The van der Waals surface area contributed by atoms with E-state index in [1.165, 1.54) is 6.20 Å². The summed E-state index contributed by atoms with van der Waals surface area (Å²) in [6, 6.07) is 8.94. The topological polar surface area (TPSA) is 75.4 Å². The Morgan fingerprint density at radius 1 is 1.23 bits per heavy atom. The van der Waals surface area contributed by atoms with Crippen molar-refractivity contribution in [3.8, 4) is 11.3 Å². The van der Waals surface area contributed by atoms with Gasteiger partial charge < -0.3 is 9.84 Å². The van der Waals surface area contributed by atoms with Crippen LogP contribution >= 0.6 is 0 Å². The molecule has 22 heavy (non-hydrogen) atoms. The molecule has 1 aromatic heterocycles. The van der Waals surface area contributed by atoms with Gasteiger partial charge in [0.1, 0.15) is 0 Å². The summed E-state index contributed by atoms with van der Waals surface area (Å²) in [5.41, 5.74) is 0.552. The van der Waals surface area contributed by atoms with Crippen molar-refractivity contribution in [1.82, 2.24) is 14.8 Å². The van der Waals surface area contributed by atoms with Crippen LogP contribution < -0.4 is 5.32 Å². The van der Waals surface area contributed by atoms with Crippen LogP contribution in [0.4, 0.5) is 0 Å². The van der Waals surface area contributed by atoms with E-state index in [4.69, 9.17) is 4.52 Å². The number of hydrogen-bond acceptors (Lipinski definition) is 5. The van der Waals surface area contributed by atoms with Gasteiger partial charge in [0, 0.05) is 30.8 Å². The Labute approximate surface area is 130 Å². The minimum absolute atomic E-state index is 0.273. The van der Waals surface area contributed by atoms with E-state index in [1.54, 1.807) is 34.6 Å². The normalized spacial score (nSPS) is 17.7. The third-order valence-corrected chi connectivity index (χ3v) is 6.03. The molecule has 2 heterocycles. The van der Waals surface area contributed by atoms with Crippen LogP contribution in [0.1, 0.15) is 12.8 Å². The summed E-state index contributed by atoms with van der Waals surface area (Å²) >= 11 is 0. The Hall–Kier alpha value is -1.70. The Balaban J connectivity index is 1.94. The SMILES string of the molecule is CNC1CCN(S(=O)(=O)c2ccccc2-c2ccno2)CC1. The summed E-state index contributed by atoms with van der Waals surface area (Å²) in [5, 5.41) is 6.87. The molecule has 1 aromatic carbocycles. The zero-order valence-corrected chi connectivity index (χ0v) is 13.2. The van der Waals surface area contributed by atoms with Crippen molar-refractivity contribution in [3.63, 3.8) is 0 Å². The number of nitrogens with zero attached hydrogens (tertiary/aromatic N) is 2. The summed E-state index contributed by atoms with van der Waals surface area (Å²) in [6.45, 7) is 1.05. The Kier molecular flexibility index (Phi) is 4.28. The van der Waals surface area contributed by atoms with E-state index >= 15 is 0 Å². The highest BCUT2D eigenvalue weighted by Crippen LogP contribution is 2.30. The molecule has 0 unspecified atom stereocenters. The van der Waals surface area contributed by atoms with Crippen molar-refractivity contribution in [3.05, 3.63) is 36.5 Å². The molecule has 0 atom stereocenters. The lowest BCUT2D eigenvalue weighted by Crippen LogP contribution is -2.43. The van der Waals surface area contributed by atoms with Crippen LogP contribution in [0, 0.1) is 0 Å². The molecular formula is C15H19N3O3S. The Morgan fingerprint density at radius 3 is 2.59 bits per heavy atom. The van der Waals surface area contributed by atoms with E-state index in [0.717, 1.165) is 12.8 Å². The van der Waals surface area contributed by atoms with Crippen LogP contribution in [0.3, 0.4) is 0 Å². The van der Waals surface area contributed by atoms with Crippen LogP contribution in [-0.4, -0.2) is 44.1 Å². The summed E-state index contributed by atoms with van der Waals surface area (Å²) in [5.74, 6) is 0.462. The number of hydrogen-bond donors (Lipinski definition) is 1. The lowest BCUT2D eigenvalue weighted by atomic mass is 10.1. The van der Waals surface area contributed by atoms with Gasteiger partial charge in [-0.25, -0.2) is 8.42 Å². The first-order valence-corrected chi connectivity index (χ1v) is 8.74. The highest BCUT2D eigenvalue weighted by Gasteiger charge is 2.31. The molecular weight excluding hydrogens is 302 g/mol. The van der Waals surface area contributed by atoms with Crippen molar-refractivity contribution in [2.45, 2.75) is 23.8 Å². The van der Waals surface area contributed by atoms with Gasteiger partial charge in [0.05, 0.1) is 11.1 Å². The third kappa shape index (κ3) is 2.79. The average Bonchev–Trinajstić information content (AvgIpc) is 3.09. The minimum Gasteiger partial charge on any atom is -0.356 e. The quantitative estimate of drug-likeness (QED) is 0.928. The van der Waals surface area contributed by atoms with Gasteiger partial charge in [-0.3, -0.25) is 0 Å². The van der Waals surface area contributed by atoms with Crippen molar-refractivity contribution >= 4 is 10.0 Å². The van der Waals surface area contributed by atoms with Crippen molar-refractivity contribution < 1.29 is 12.9 Å². The van der Waals surface area contributed by atoms with Gasteiger partial charge in [-0.2, -0.15) is 4.31 Å². The number of aromatic nitrogens is 1. The zero-order valence-electron chi connectivity index (χ0n) is 12.4. The van der Waals surface area contributed by atoms with Crippen LogP contribution in [0.2, 0.25) is 0 Å². The maximum Gasteiger partial charge on any atom is 0.243 e. The van der Waals surface area contributed by atoms with Gasteiger partial charge in [-0.05, 0) is 32.0 Å². The van der Waals surface area contributed by atoms with E-state index in [9.17, 15) is 8.42 Å². The monoisotopic (exact) mass is 321 g/mol. The van der Waals surface area contributed by atoms with E-state index < -0.39 is 10.0 Å². The molecule has 118 valence electrons. The number of rotatable bonds is 4. The maximum atomic E-state index is 12.9. The molecule has 3 rings (SSSR count). The highest BCUT2D eigenvalue weighted by molar-refractivity contribution is 7.89. The lowest BCUT2D eigenvalue weighted by Gasteiger charge is -2.31. The average molecular weight is 321 g/mol. The molecule has 1 N–H and O–H groups in total. The fraction of sp³-hybridized carbons (Fsp3) is 0.400. The van der Waals surface area contributed by atoms with Gasteiger partial charge >= 0.3 is 0 Å². The van der Waals surface area contributed by atoms with Crippen LogP contribution in [0.5, 0.6) is 0 Å². The van der Waals surface area contributed by atoms with E-state index in [1.807, 2.05) is 7.05 Å². The molecule has 7 heteroatoms. The number of sulfonamides is 1. The molecule has 1 saturated heterocycles. The number of benzene rings is 1. The van der Waals surface area contributed by atoms with Crippen molar-refractivity contribution in [2.24, 2.45) is 0 Å². The van der Waals surface area contributed by atoms with E-state index in [0.29, 0.717) is 30.5 Å². The highest BCUT2D eigenvalue weighted by atomic mass is 32.2. The van der Waals surface area contributed by atoms with Gasteiger partial charge in [0.15, 0.2) is 5.76 Å². The van der Waals surface area contributed by atoms with E-state index in [-0.39, 0.29) is 4.90 Å². The second kappa shape index (κ2) is 6.20. The van der Waals surface area contributed by atoms with Gasteiger partial charge in [-0.15, -0.1) is 0 Å². The summed E-state index contributed by atoms with van der Waals surface area (Å²) in [7, 11) is -1.62. The van der Waals surface area contributed by atoms with Gasteiger partial charge in [0.2, 0.25) is 10.0 Å². The molecule has 0 radical (unpaired) electrons. The molecule has 0 saturated carbocycles. The summed E-state index contributed by atoms with van der Waals surface area (Å²) in [6.07, 6.45) is 3.15. The first kappa shape index (κ1) is 15.2. The summed E-state index contributed by atoms with van der Waals surface area (Å²) < 4.78 is 32.6. The molecule has 1 aliphatic rings. The fourth-order valence-electron chi connectivity index (χ4n) is 2.77. The second-order valence-electron chi connectivity index (χ2n) is 5.34. The van der Waals surface area contributed by atoms with Crippen LogP contribution in [0.15, 0.2) is 45.9 Å². The molecule has 0 bridgehead atoms. The van der Waals surface area contributed by atoms with Gasteiger partial charge in [-0.1, -0.05) is 17.3 Å². The first-order chi connectivity index (χ1) is 10.6. The molecule has 0 aliphatic carbocycles. The largest absolute Gasteiger partial charge is 0.356 e. The lowest BCUT2D eigenvalue weighted by molar-refractivity contribution is 0.298. The predicted octanol–water partition coefficient (Wildman–Crippen LogP) is 1.71. The van der Waals surface area contributed by atoms with Crippen molar-refractivity contribution in [1.29, 1.82) is 0 Å². The molecule has 1 aliphatic heterocycles. The maximum absolute atomic E-state index is 12.9. The fourth-order valence-corrected chi connectivity index (χ4v) is 4.44. The first-order valence-electron chi connectivity index (χ1n) is 7.30. The van der Waals surface area contributed by atoms with Gasteiger partial charge in [0.25, 0.3) is 0 Å². The van der Waals surface area contributed by atoms with Crippen LogP contribution in [-0.2, 0) is 10.0 Å². The Bertz CT molecular complexity index is 720. The third-order valence-electron chi connectivity index (χ3n) is 4.07. The Morgan fingerprint density at radius 2 is 1.95 bits per heavy atom. The van der Waals surface area contributed by atoms with E-state index in [2.05, 4.69) is 10.5 Å². The molecule has 0 spiro atoms.